The predicted octanol–water partition coefficient (Wildman–Crippen LogP) is 1.34. The van der Waals surface area contributed by atoms with E-state index in [2.05, 4.69) is 5.32 Å². The average molecular weight is 249 g/mol. The highest BCUT2D eigenvalue weighted by atomic mass is 16.3. The number of hydrogen-bond acceptors (Lipinski definition) is 4. The number of carbonyl (C=O) groups excluding carboxylic acids is 2. The molecule has 0 heterocycles. The Morgan fingerprint density at radius 2 is 1.89 bits per heavy atom. The van der Waals surface area contributed by atoms with Gasteiger partial charge in [0.25, 0.3) is 5.91 Å². The number of phenols is 2. The highest BCUT2D eigenvalue weighted by Gasteiger charge is 2.21. The monoisotopic (exact) mass is 249 g/mol. The number of Topliss-reactive ketones (excluding diaryl/α,β-unsaturated/α-hetero) is 1. The highest BCUT2D eigenvalue weighted by molar-refractivity contribution is 5.97. The standard InChI is InChI=1S/C13H15NO4/c15-9-3-1-8(2-4-9)14-13(18)11-6-5-10(16)7-12(11)17/h5-8,16-17H,1-4H2,(H,14,18). The topological polar surface area (TPSA) is 86.6 Å². The first-order valence-electron chi connectivity index (χ1n) is 5.91. The minimum atomic E-state index is -0.383. The summed E-state index contributed by atoms with van der Waals surface area (Å²) in [7, 11) is 0. The number of ketones is 1. The van der Waals surface area contributed by atoms with Crippen LogP contribution >= 0.6 is 0 Å². The molecule has 96 valence electrons. The van der Waals surface area contributed by atoms with E-state index in [0.717, 1.165) is 6.07 Å². The fraction of sp³-hybridized carbons (Fsp3) is 0.385. The van der Waals surface area contributed by atoms with E-state index in [1.165, 1.54) is 12.1 Å². The summed E-state index contributed by atoms with van der Waals surface area (Å²) in [5.41, 5.74) is 0.129. The number of carbonyl (C=O) groups is 2. The minimum Gasteiger partial charge on any atom is -0.508 e. The van der Waals surface area contributed by atoms with Crippen LogP contribution in [0.5, 0.6) is 11.5 Å². The van der Waals surface area contributed by atoms with Crippen LogP contribution in [-0.4, -0.2) is 27.9 Å². The predicted molar refractivity (Wildman–Crippen MR) is 64.5 cm³/mol. The molecule has 18 heavy (non-hydrogen) atoms. The zero-order valence-corrected chi connectivity index (χ0v) is 9.85. The minimum absolute atomic E-state index is 0.0246. The number of phenolic OH excluding ortho intramolecular Hbond substituents is 2. The average Bonchev–Trinajstić information content (AvgIpc) is 2.32. The molecule has 1 aliphatic carbocycles. The lowest BCUT2D eigenvalue weighted by molar-refractivity contribution is -0.120. The van der Waals surface area contributed by atoms with E-state index in [-0.39, 0.29) is 34.8 Å². The van der Waals surface area contributed by atoms with Gasteiger partial charge in [-0.05, 0) is 25.0 Å². The number of benzene rings is 1. The molecule has 1 aromatic carbocycles. The van der Waals surface area contributed by atoms with E-state index in [9.17, 15) is 14.7 Å². The fourth-order valence-corrected chi connectivity index (χ4v) is 2.06. The first kappa shape index (κ1) is 12.4. The van der Waals surface area contributed by atoms with Crippen molar-refractivity contribution < 1.29 is 19.8 Å². The zero-order valence-electron chi connectivity index (χ0n) is 9.85. The van der Waals surface area contributed by atoms with E-state index in [1.807, 2.05) is 0 Å². The molecule has 0 aliphatic heterocycles. The Bertz CT molecular complexity index is 474. The molecule has 1 saturated carbocycles. The lowest BCUT2D eigenvalue weighted by atomic mass is 9.94. The molecule has 2 rings (SSSR count). The van der Waals surface area contributed by atoms with Gasteiger partial charge >= 0.3 is 0 Å². The summed E-state index contributed by atoms with van der Waals surface area (Å²) >= 11 is 0. The van der Waals surface area contributed by atoms with Crippen LogP contribution in [0.3, 0.4) is 0 Å². The summed E-state index contributed by atoms with van der Waals surface area (Å²) in [5, 5.41) is 21.5. The Labute approximate surface area is 104 Å². The molecule has 1 aliphatic rings. The van der Waals surface area contributed by atoms with Crippen LogP contribution in [0, 0.1) is 0 Å². The van der Waals surface area contributed by atoms with Crippen LogP contribution in [0.4, 0.5) is 0 Å². The van der Waals surface area contributed by atoms with Gasteiger partial charge < -0.3 is 15.5 Å². The normalized spacial score (nSPS) is 16.6. The van der Waals surface area contributed by atoms with Crippen molar-refractivity contribution in [2.75, 3.05) is 0 Å². The molecule has 0 radical (unpaired) electrons. The SMILES string of the molecule is O=C1CCC(NC(=O)c2ccc(O)cc2O)CC1. The van der Waals surface area contributed by atoms with Crippen molar-refractivity contribution in [2.45, 2.75) is 31.7 Å². The summed E-state index contributed by atoms with van der Waals surface area (Å²) in [6, 6.07) is 3.81. The van der Waals surface area contributed by atoms with Crippen LogP contribution in [0.25, 0.3) is 0 Å². The van der Waals surface area contributed by atoms with Gasteiger partial charge in [-0.15, -0.1) is 0 Å². The van der Waals surface area contributed by atoms with Crippen molar-refractivity contribution in [3.63, 3.8) is 0 Å². The molecule has 0 aromatic heterocycles. The third-order valence-corrected chi connectivity index (χ3v) is 3.10. The smallest absolute Gasteiger partial charge is 0.255 e. The number of aromatic hydroxyl groups is 2. The van der Waals surface area contributed by atoms with Crippen molar-refractivity contribution in [3.8, 4) is 11.5 Å². The molecule has 1 fully saturated rings. The molecule has 3 N–H and O–H groups in total. The summed E-state index contributed by atoms with van der Waals surface area (Å²) in [4.78, 5) is 23.0. The lowest BCUT2D eigenvalue weighted by Crippen LogP contribution is -2.37. The molecule has 0 unspecified atom stereocenters. The highest BCUT2D eigenvalue weighted by Crippen LogP contribution is 2.23. The van der Waals surface area contributed by atoms with Crippen LogP contribution < -0.4 is 5.32 Å². The summed E-state index contributed by atoms with van der Waals surface area (Å²) in [6.07, 6.45) is 2.27. The quantitative estimate of drug-likeness (QED) is 0.738. The van der Waals surface area contributed by atoms with Crippen molar-refractivity contribution in [1.29, 1.82) is 0 Å². The van der Waals surface area contributed by atoms with Gasteiger partial charge in [0, 0.05) is 24.9 Å². The second-order valence-corrected chi connectivity index (χ2v) is 4.49. The molecular weight excluding hydrogens is 234 g/mol. The Balaban J connectivity index is 2.01. The van der Waals surface area contributed by atoms with Crippen molar-refractivity contribution in [2.24, 2.45) is 0 Å². The molecule has 0 saturated heterocycles. The van der Waals surface area contributed by atoms with Crippen molar-refractivity contribution >= 4 is 11.7 Å². The van der Waals surface area contributed by atoms with Gasteiger partial charge in [-0.25, -0.2) is 0 Å². The fourth-order valence-electron chi connectivity index (χ4n) is 2.06. The van der Waals surface area contributed by atoms with Crippen molar-refractivity contribution in [3.05, 3.63) is 23.8 Å². The number of amides is 1. The summed E-state index contributed by atoms with van der Waals surface area (Å²) in [5.74, 6) is -0.494. The summed E-state index contributed by atoms with van der Waals surface area (Å²) < 4.78 is 0. The van der Waals surface area contributed by atoms with Gasteiger partial charge in [0.1, 0.15) is 17.3 Å². The van der Waals surface area contributed by atoms with Gasteiger partial charge in [0.2, 0.25) is 0 Å². The van der Waals surface area contributed by atoms with Gasteiger partial charge in [-0.2, -0.15) is 0 Å². The number of rotatable bonds is 2. The van der Waals surface area contributed by atoms with Crippen LogP contribution in [0.2, 0.25) is 0 Å². The second-order valence-electron chi connectivity index (χ2n) is 4.49. The van der Waals surface area contributed by atoms with Crippen LogP contribution in [0.1, 0.15) is 36.0 Å². The largest absolute Gasteiger partial charge is 0.508 e. The van der Waals surface area contributed by atoms with Crippen molar-refractivity contribution in [1.82, 2.24) is 5.32 Å². The van der Waals surface area contributed by atoms with Gasteiger partial charge in [-0.3, -0.25) is 9.59 Å². The Hall–Kier alpha value is -2.04. The zero-order chi connectivity index (χ0) is 13.1. The van der Waals surface area contributed by atoms with Crippen LogP contribution in [-0.2, 0) is 4.79 Å². The number of hydrogen-bond donors (Lipinski definition) is 3. The molecule has 0 spiro atoms. The maximum absolute atomic E-state index is 11.9. The number of nitrogens with one attached hydrogen (secondary N) is 1. The molecule has 1 amide bonds. The first-order valence-corrected chi connectivity index (χ1v) is 5.91. The van der Waals surface area contributed by atoms with Crippen LogP contribution in [0.15, 0.2) is 18.2 Å². The lowest BCUT2D eigenvalue weighted by Gasteiger charge is -2.22. The van der Waals surface area contributed by atoms with E-state index < -0.39 is 0 Å². The maximum Gasteiger partial charge on any atom is 0.255 e. The van der Waals surface area contributed by atoms with E-state index in [1.54, 1.807) is 0 Å². The maximum atomic E-state index is 11.9. The van der Waals surface area contributed by atoms with Gasteiger partial charge in [-0.1, -0.05) is 0 Å². The third kappa shape index (κ3) is 2.80. The molecule has 1 aromatic rings. The molecule has 0 atom stereocenters. The van der Waals surface area contributed by atoms with Gasteiger partial charge in [0.05, 0.1) is 5.56 Å². The first-order chi connectivity index (χ1) is 8.56. The van der Waals surface area contributed by atoms with E-state index >= 15 is 0 Å². The third-order valence-electron chi connectivity index (χ3n) is 3.10. The Morgan fingerprint density at radius 3 is 2.50 bits per heavy atom. The molecule has 5 heteroatoms. The molecule has 0 bridgehead atoms. The van der Waals surface area contributed by atoms with Gasteiger partial charge in [0.15, 0.2) is 0 Å². The second kappa shape index (κ2) is 5.08. The van der Waals surface area contributed by atoms with E-state index in [0.29, 0.717) is 25.7 Å². The molecular formula is C13H15NO4. The summed E-state index contributed by atoms with van der Waals surface area (Å²) in [6.45, 7) is 0. The van der Waals surface area contributed by atoms with E-state index in [4.69, 9.17) is 5.11 Å². The Morgan fingerprint density at radius 1 is 1.22 bits per heavy atom. The molecule has 5 nitrogen and oxygen atoms in total. The Kier molecular flexibility index (Phi) is 3.50.